The molecule has 0 spiro atoms. The molecular formula is C24H25AsN3O5S. The van der Waals surface area contributed by atoms with Gasteiger partial charge in [0.1, 0.15) is 0 Å². The number of aryl methyl sites for hydroxylation is 1. The Balaban J connectivity index is 1.38. The van der Waals surface area contributed by atoms with Crippen LogP contribution in [0.1, 0.15) is 52.9 Å². The van der Waals surface area contributed by atoms with Gasteiger partial charge in [0.2, 0.25) is 0 Å². The SMILES string of the molecule is Cc1nc(N2CC(C(=O)[As]S(=O)(=O)Cc3ccccc3)C2)c(C#N)cc1C(=O)OC1CCCC1. The van der Waals surface area contributed by atoms with E-state index in [2.05, 4.69) is 11.1 Å². The molecule has 2 aromatic rings. The van der Waals surface area contributed by atoms with Crippen LogP contribution < -0.4 is 4.90 Å². The van der Waals surface area contributed by atoms with Gasteiger partial charge in [-0.3, -0.25) is 0 Å². The third-order valence-electron chi connectivity index (χ3n) is 6.06. The minimum Gasteiger partial charge on any atom is -0.0496 e. The molecule has 2 fully saturated rings. The summed E-state index contributed by atoms with van der Waals surface area (Å²) in [4.78, 5) is 31.5. The maximum absolute atomic E-state index is 12.6. The number of nitriles is 1. The van der Waals surface area contributed by atoms with Crippen LogP contribution in [0.4, 0.5) is 5.82 Å². The summed E-state index contributed by atoms with van der Waals surface area (Å²) in [5, 5.41) is 9.63. The van der Waals surface area contributed by atoms with Crippen LogP contribution in [0.15, 0.2) is 36.4 Å². The van der Waals surface area contributed by atoms with Crippen LogP contribution in [-0.4, -0.2) is 57.7 Å². The molecule has 34 heavy (non-hydrogen) atoms. The summed E-state index contributed by atoms with van der Waals surface area (Å²) < 4.78 is 30.3. The van der Waals surface area contributed by atoms with Crippen molar-refractivity contribution in [3.63, 3.8) is 0 Å². The van der Waals surface area contributed by atoms with E-state index in [9.17, 15) is 23.3 Å². The quantitative estimate of drug-likeness (QED) is 0.369. The Hall–Kier alpha value is -2.69. The Morgan fingerprint density at radius 3 is 2.53 bits per heavy atom. The monoisotopic (exact) mass is 542 g/mol. The molecule has 0 bridgehead atoms. The van der Waals surface area contributed by atoms with Crippen LogP contribution in [0.2, 0.25) is 0 Å². The van der Waals surface area contributed by atoms with E-state index in [1.165, 1.54) is 6.07 Å². The smallest absolute Gasteiger partial charge is 0.0496 e. The van der Waals surface area contributed by atoms with Crippen molar-refractivity contribution >= 4 is 39.1 Å². The minimum absolute atomic E-state index is 0.0831. The number of carbonyl (C=O) groups excluding carboxylic acids is 2. The summed E-state index contributed by atoms with van der Waals surface area (Å²) >= 11 is -1.50. The van der Waals surface area contributed by atoms with Gasteiger partial charge in [-0.05, 0) is 12.8 Å². The zero-order valence-electron chi connectivity index (χ0n) is 18.8. The predicted octanol–water partition coefficient (Wildman–Crippen LogP) is 2.56. The van der Waals surface area contributed by atoms with Gasteiger partial charge < -0.3 is 0 Å². The van der Waals surface area contributed by atoms with Gasteiger partial charge in [0.05, 0.1) is 0 Å². The van der Waals surface area contributed by atoms with E-state index >= 15 is 0 Å². The third kappa shape index (κ3) is 5.68. The summed E-state index contributed by atoms with van der Waals surface area (Å²) in [7, 11) is -3.48. The minimum atomic E-state index is -3.48. The van der Waals surface area contributed by atoms with Crippen molar-refractivity contribution in [1.82, 2.24) is 4.98 Å². The Morgan fingerprint density at radius 1 is 1.21 bits per heavy atom. The number of esters is 1. The Bertz CT molecular complexity index is 1230. The summed E-state index contributed by atoms with van der Waals surface area (Å²) in [6, 6.07) is 12.4. The van der Waals surface area contributed by atoms with Crippen LogP contribution in [0.5, 0.6) is 0 Å². The number of nitrogens with zero attached hydrogens (tertiary/aromatic N) is 3. The fraction of sp³-hybridized carbons (Fsp3) is 0.417. The van der Waals surface area contributed by atoms with Gasteiger partial charge in [0.15, 0.2) is 0 Å². The van der Waals surface area contributed by atoms with E-state index in [-0.39, 0.29) is 27.6 Å². The fourth-order valence-electron chi connectivity index (χ4n) is 4.18. The molecule has 1 saturated carbocycles. The molecule has 0 amide bonds. The topological polar surface area (TPSA) is 117 Å². The molecule has 177 valence electrons. The molecule has 0 N–H and O–H groups in total. The third-order valence-corrected chi connectivity index (χ3v) is 11.7. The number of benzene rings is 1. The summed E-state index contributed by atoms with van der Waals surface area (Å²) in [6.07, 6.45) is 3.71. The van der Waals surface area contributed by atoms with Crippen molar-refractivity contribution in [1.29, 1.82) is 5.26 Å². The second-order valence-electron chi connectivity index (χ2n) is 8.66. The molecular weight excluding hydrogens is 517 g/mol. The molecule has 10 heteroatoms. The van der Waals surface area contributed by atoms with E-state index < -0.39 is 34.6 Å². The van der Waals surface area contributed by atoms with Crippen molar-refractivity contribution in [3.05, 3.63) is 58.8 Å². The van der Waals surface area contributed by atoms with Crippen molar-refractivity contribution in [2.24, 2.45) is 5.92 Å². The van der Waals surface area contributed by atoms with Crippen LogP contribution in [-0.2, 0) is 23.4 Å². The molecule has 1 radical (unpaired) electrons. The molecule has 1 aromatic heterocycles. The number of hydrogen-bond donors (Lipinski definition) is 0. The predicted molar refractivity (Wildman–Crippen MR) is 127 cm³/mol. The normalized spacial score (nSPS) is 17.0. The van der Waals surface area contributed by atoms with Gasteiger partial charge in [0, 0.05) is 0 Å². The van der Waals surface area contributed by atoms with Gasteiger partial charge in [0.25, 0.3) is 0 Å². The molecule has 2 aliphatic rings. The van der Waals surface area contributed by atoms with Crippen LogP contribution in [0.25, 0.3) is 0 Å². The first-order valence-electron chi connectivity index (χ1n) is 11.2. The van der Waals surface area contributed by atoms with Gasteiger partial charge in [-0.25, -0.2) is 0 Å². The van der Waals surface area contributed by atoms with Gasteiger partial charge in [-0.15, -0.1) is 0 Å². The van der Waals surface area contributed by atoms with Crippen molar-refractivity contribution < 1.29 is 22.7 Å². The Labute approximate surface area is 204 Å². The summed E-state index contributed by atoms with van der Waals surface area (Å²) in [6.45, 7) is 2.31. The van der Waals surface area contributed by atoms with Crippen molar-refractivity contribution in [2.75, 3.05) is 18.0 Å². The van der Waals surface area contributed by atoms with Crippen molar-refractivity contribution in [2.45, 2.75) is 44.5 Å². The first-order chi connectivity index (χ1) is 16.3. The molecule has 8 nitrogen and oxygen atoms in total. The number of rotatable bonds is 8. The number of hydrogen-bond acceptors (Lipinski definition) is 8. The van der Waals surface area contributed by atoms with E-state index in [0.29, 0.717) is 30.2 Å². The summed E-state index contributed by atoms with van der Waals surface area (Å²) in [5.41, 5.74) is 1.64. The molecule has 1 aromatic carbocycles. The number of pyridine rings is 1. The molecule has 0 unspecified atom stereocenters. The Kier molecular flexibility index (Phi) is 7.39. The van der Waals surface area contributed by atoms with Crippen LogP contribution in [0, 0.1) is 24.2 Å². The van der Waals surface area contributed by atoms with Crippen LogP contribution >= 0.6 is 0 Å². The number of anilines is 1. The molecule has 4 rings (SSSR count). The molecule has 1 aliphatic carbocycles. The molecule has 1 saturated heterocycles. The summed E-state index contributed by atoms with van der Waals surface area (Å²) in [5.74, 6) is -0.589. The molecule has 0 atom stereocenters. The first-order valence-corrected chi connectivity index (χ1v) is 16.0. The maximum atomic E-state index is 12.6. The van der Waals surface area contributed by atoms with Crippen molar-refractivity contribution in [3.8, 4) is 6.07 Å². The average molecular weight is 542 g/mol. The zero-order valence-corrected chi connectivity index (χ0v) is 21.5. The standard InChI is InChI=1S/C24H25AsN3O5S/c1-16-21(24(30)33-20-9-5-6-10-20)11-18(12-26)23(27-16)28-13-19(14-28)22(29)25-34(31,32)15-17-7-3-2-4-8-17/h2-4,7-8,11,19-20H,5-6,9-10,13-15H2,1H3. The number of ether oxygens (including phenoxy) is 1. The second kappa shape index (κ2) is 10.3. The van der Waals surface area contributed by atoms with Gasteiger partial charge in [-0.1, -0.05) is 0 Å². The van der Waals surface area contributed by atoms with Crippen LogP contribution in [0.3, 0.4) is 0 Å². The van der Waals surface area contributed by atoms with Gasteiger partial charge >= 0.3 is 192 Å². The van der Waals surface area contributed by atoms with Gasteiger partial charge in [-0.2, -0.15) is 0 Å². The zero-order chi connectivity index (χ0) is 24.3. The first kappa shape index (κ1) is 24.4. The molecule has 1 aliphatic heterocycles. The second-order valence-corrected chi connectivity index (χ2v) is 15.9. The fourth-order valence-corrected chi connectivity index (χ4v) is 9.63. The van der Waals surface area contributed by atoms with E-state index in [4.69, 9.17) is 4.74 Å². The Morgan fingerprint density at radius 2 is 1.88 bits per heavy atom. The average Bonchev–Trinajstić information content (AvgIpc) is 3.25. The van der Waals surface area contributed by atoms with E-state index in [0.717, 1.165) is 25.7 Å². The molecule has 2 heterocycles. The number of carbonyl (C=O) groups is 2. The van der Waals surface area contributed by atoms with E-state index in [1.54, 1.807) is 36.1 Å². The van der Waals surface area contributed by atoms with E-state index in [1.807, 2.05) is 6.07 Å². The number of aromatic nitrogens is 1.